The Hall–Kier alpha value is -2.90. The van der Waals surface area contributed by atoms with Gasteiger partial charge in [-0.05, 0) is 24.3 Å². The van der Waals surface area contributed by atoms with Gasteiger partial charge in [-0.25, -0.2) is 17.6 Å². The Labute approximate surface area is 146 Å². The maximum atomic E-state index is 13.5. The Kier molecular flexibility index (Phi) is 4.92. The minimum atomic E-state index is -1.12. The number of nitrogens with zero attached hydrogens (tertiary/aromatic N) is 1. The molecule has 1 N–H and O–H groups in total. The van der Waals surface area contributed by atoms with Gasteiger partial charge < -0.3 is 10.2 Å². The first-order chi connectivity index (χ1) is 12.3. The number of hydrogen-bond acceptors (Lipinski definition) is 2. The SMILES string of the molecule is O=C(NCc1ccc(F)cc1F)C1CN(C(=O)c2ccc(F)c(F)c2)C1. The molecule has 0 radical (unpaired) electrons. The van der Waals surface area contributed by atoms with Crippen LogP contribution < -0.4 is 5.32 Å². The monoisotopic (exact) mass is 366 g/mol. The molecule has 2 aromatic rings. The fourth-order valence-electron chi connectivity index (χ4n) is 2.61. The molecule has 0 bridgehead atoms. The van der Waals surface area contributed by atoms with Gasteiger partial charge >= 0.3 is 0 Å². The van der Waals surface area contributed by atoms with Crippen molar-refractivity contribution in [3.8, 4) is 0 Å². The minimum absolute atomic E-state index is 0.00357. The molecule has 8 heteroatoms. The van der Waals surface area contributed by atoms with E-state index in [2.05, 4.69) is 5.32 Å². The Morgan fingerprint density at radius 2 is 1.69 bits per heavy atom. The number of carbonyl (C=O) groups is 2. The van der Waals surface area contributed by atoms with E-state index in [1.165, 1.54) is 17.0 Å². The topological polar surface area (TPSA) is 49.4 Å². The summed E-state index contributed by atoms with van der Waals surface area (Å²) in [5, 5.41) is 2.53. The summed E-state index contributed by atoms with van der Waals surface area (Å²) in [6.45, 7) is 0.143. The van der Waals surface area contributed by atoms with Crippen LogP contribution in [0.2, 0.25) is 0 Å². The average molecular weight is 366 g/mol. The molecule has 3 rings (SSSR count). The summed E-state index contributed by atoms with van der Waals surface area (Å²) in [6, 6.07) is 5.91. The van der Waals surface area contributed by atoms with Gasteiger partial charge in [0.05, 0.1) is 5.92 Å². The molecule has 0 spiro atoms. The molecular formula is C18H14F4N2O2. The van der Waals surface area contributed by atoms with E-state index >= 15 is 0 Å². The normalized spacial score (nSPS) is 14.1. The molecule has 0 atom stereocenters. The summed E-state index contributed by atoms with van der Waals surface area (Å²) in [4.78, 5) is 25.5. The summed E-state index contributed by atoms with van der Waals surface area (Å²) in [7, 11) is 0. The van der Waals surface area contributed by atoms with Crippen molar-refractivity contribution in [3.05, 3.63) is 70.8 Å². The Bertz CT molecular complexity index is 866. The summed E-state index contributed by atoms with van der Waals surface area (Å²) in [5.74, 6) is -4.98. The molecule has 0 aliphatic carbocycles. The lowest BCUT2D eigenvalue weighted by molar-refractivity contribution is -0.129. The third kappa shape index (κ3) is 3.68. The second kappa shape index (κ2) is 7.15. The van der Waals surface area contributed by atoms with Crippen molar-refractivity contribution < 1.29 is 27.2 Å². The zero-order chi connectivity index (χ0) is 18.8. The number of likely N-dealkylation sites (tertiary alicyclic amines) is 1. The van der Waals surface area contributed by atoms with E-state index in [1.54, 1.807) is 0 Å². The maximum absolute atomic E-state index is 13.5. The molecule has 26 heavy (non-hydrogen) atoms. The predicted molar refractivity (Wildman–Crippen MR) is 84.0 cm³/mol. The van der Waals surface area contributed by atoms with E-state index in [9.17, 15) is 27.2 Å². The van der Waals surface area contributed by atoms with Gasteiger partial charge in [-0.1, -0.05) is 6.07 Å². The highest BCUT2D eigenvalue weighted by Crippen LogP contribution is 2.20. The van der Waals surface area contributed by atoms with Gasteiger partial charge in [0.15, 0.2) is 11.6 Å². The third-order valence-electron chi connectivity index (χ3n) is 4.17. The van der Waals surface area contributed by atoms with Crippen LogP contribution in [-0.2, 0) is 11.3 Å². The predicted octanol–water partition coefficient (Wildman–Crippen LogP) is 2.63. The number of halogens is 4. The first-order valence-corrected chi connectivity index (χ1v) is 7.81. The van der Waals surface area contributed by atoms with E-state index in [1.807, 2.05) is 0 Å². The number of hydrogen-bond donors (Lipinski definition) is 1. The van der Waals surface area contributed by atoms with Crippen LogP contribution >= 0.6 is 0 Å². The molecule has 0 saturated carbocycles. The van der Waals surface area contributed by atoms with Gasteiger partial charge in [0.2, 0.25) is 5.91 Å². The number of benzene rings is 2. The molecule has 1 heterocycles. The van der Waals surface area contributed by atoms with Crippen LogP contribution in [0.5, 0.6) is 0 Å². The summed E-state index contributed by atoms with van der Waals surface area (Å²) in [6.07, 6.45) is 0. The van der Waals surface area contributed by atoms with Crippen molar-refractivity contribution in [3.63, 3.8) is 0 Å². The van der Waals surface area contributed by atoms with Crippen molar-refractivity contribution in [2.24, 2.45) is 5.92 Å². The molecule has 0 aromatic heterocycles. The molecule has 2 aromatic carbocycles. The van der Waals surface area contributed by atoms with E-state index < -0.39 is 35.1 Å². The second-order valence-electron chi connectivity index (χ2n) is 5.99. The number of nitrogens with one attached hydrogen (secondary N) is 1. The van der Waals surface area contributed by atoms with E-state index in [-0.39, 0.29) is 36.7 Å². The highest BCUT2D eigenvalue weighted by atomic mass is 19.2. The molecule has 1 fully saturated rings. The fourth-order valence-corrected chi connectivity index (χ4v) is 2.61. The van der Waals surface area contributed by atoms with Crippen molar-refractivity contribution in [1.82, 2.24) is 10.2 Å². The lowest BCUT2D eigenvalue weighted by Gasteiger charge is -2.38. The van der Waals surface area contributed by atoms with E-state index in [0.717, 1.165) is 24.3 Å². The van der Waals surface area contributed by atoms with Crippen LogP contribution in [0.3, 0.4) is 0 Å². The molecule has 2 amide bonds. The van der Waals surface area contributed by atoms with Crippen molar-refractivity contribution >= 4 is 11.8 Å². The minimum Gasteiger partial charge on any atom is -0.352 e. The molecule has 1 saturated heterocycles. The molecular weight excluding hydrogens is 352 g/mol. The van der Waals surface area contributed by atoms with Gasteiger partial charge in [0.25, 0.3) is 5.91 Å². The molecule has 0 unspecified atom stereocenters. The zero-order valence-electron chi connectivity index (χ0n) is 13.4. The Morgan fingerprint density at radius 3 is 2.35 bits per heavy atom. The summed E-state index contributed by atoms with van der Waals surface area (Å²) in [5.41, 5.74) is 0.143. The van der Waals surface area contributed by atoms with Crippen LogP contribution in [-0.4, -0.2) is 29.8 Å². The maximum Gasteiger partial charge on any atom is 0.254 e. The van der Waals surface area contributed by atoms with Gasteiger partial charge in [-0.15, -0.1) is 0 Å². The standard InChI is InChI=1S/C18H14F4N2O2/c19-13-3-1-11(15(21)6-13)7-23-17(25)12-8-24(9-12)18(26)10-2-4-14(20)16(22)5-10/h1-6,12H,7-9H2,(H,23,25). The average Bonchev–Trinajstić information content (AvgIpc) is 2.55. The molecule has 1 aliphatic heterocycles. The largest absolute Gasteiger partial charge is 0.352 e. The highest BCUT2D eigenvalue weighted by Gasteiger charge is 2.36. The van der Waals surface area contributed by atoms with Gasteiger partial charge in [0, 0.05) is 36.8 Å². The van der Waals surface area contributed by atoms with Crippen molar-refractivity contribution in [2.75, 3.05) is 13.1 Å². The van der Waals surface area contributed by atoms with Crippen LogP contribution in [0.4, 0.5) is 17.6 Å². The smallest absolute Gasteiger partial charge is 0.254 e. The van der Waals surface area contributed by atoms with Crippen LogP contribution in [0.1, 0.15) is 15.9 Å². The summed E-state index contributed by atoms with van der Waals surface area (Å²) < 4.78 is 52.4. The Balaban J connectivity index is 1.51. The van der Waals surface area contributed by atoms with Crippen molar-refractivity contribution in [2.45, 2.75) is 6.54 Å². The quantitative estimate of drug-likeness (QED) is 0.846. The number of amides is 2. The Morgan fingerprint density at radius 1 is 0.962 bits per heavy atom. The van der Waals surface area contributed by atoms with E-state index in [0.29, 0.717) is 0 Å². The molecule has 4 nitrogen and oxygen atoms in total. The van der Waals surface area contributed by atoms with Gasteiger partial charge in [-0.2, -0.15) is 0 Å². The number of rotatable bonds is 4. The van der Waals surface area contributed by atoms with Gasteiger partial charge in [-0.3, -0.25) is 9.59 Å². The number of carbonyl (C=O) groups excluding carboxylic acids is 2. The lowest BCUT2D eigenvalue weighted by Crippen LogP contribution is -2.55. The van der Waals surface area contributed by atoms with Crippen LogP contribution in [0, 0.1) is 29.2 Å². The van der Waals surface area contributed by atoms with Crippen molar-refractivity contribution in [1.29, 1.82) is 0 Å². The second-order valence-corrected chi connectivity index (χ2v) is 5.99. The fraction of sp³-hybridized carbons (Fsp3) is 0.222. The highest BCUT2D eigenvalue weighted by molar-refractivity contribution is 5.96. The third-order valence-corrected chi connectivity index (χ3v) is 4.17. The van der Waals surface area contributed by atoms with E-state index in [4.69, 9.17) is 0 Å². The lowest BCUT2D eigenvalue weighted by atomic mass is 9.97. The first-order valence-electron chi connectivity index (χ1n) is 7.81. The van der Waals surface area contributed by atoms with Gasteiger partial charge in [0.1, 0.15) is 11.6 Å². The molecule has 136 valence electrons. The zero-order valence-corrected chi connectivity index (χ0v) is 13.4. The molecule has 1 aliphatic rings. The first kappa shape index (κ1) is 17.9. The summed E-state index contributed by atoms with van der Waals surface area (Å²) >= 11 is 0. The van der Waals surface area contributed by atoms with Crippen LogP contribution in [0.15, 0.2) is 36.4 Å². The van der Waals surface area contributed by atoms with Crippen LogP contribution in [0.25, 0.3) is 0 Å².